The summed E-state index contributed by atoms with van der Waals surface area (Å²) in [5, 5.41) is 0. The molecule has 0 unspecified atom stereocenters. The summed E-state index contributed by atoms with van der Waals surface area (Å²) in [5.41, 5.74) is 12.5. The third-order valence-corrected chi connectivity index (χ3v) is 3.56. The highest BCUT2D eigenvalue weighted by Crippen LogP contribution is 2.23. The molecule has 0 atom stereocenters. The van der Waals surface area contributed by atoms with Crippen molar-refractivity contribution in [3.63, 3.8) is 0 Å². The maximum Gasteiger partial charge on any atom is 0.338 e. The molecule has 118 valence electrons. The molecule has 7 heteroatoms. The Kier molecular flexibility index (Phi) is 3.86. The van der Waals surface area contributed by atoms with Gasteiger partial charge in [-0.3, -0.25) is 5.84 Å². The molecule has 4 rings (SSSR count). The summed E-state index contributed by atoms with van der Waals surface area (Å²) in [6.45, 7) is 0.711. The first-order chi connectivity index (χ1) is 11.1. The van der Waals surface area contributed by atoms with Crippen LogP contribution in [0.25, 0.3) is 0 Å². The first-order valence-electron chi connectivity index (χ1n) is 6.90. The number of anilines is 2. The number of fused-ring (bicyclic) bond motifs is 2. The average molecular weight is 313 g/mol. The van der Waals surface area contributed by atoms with Crippen LogP contribution < -0.4 is 17.0 Å². The highest BCUT2D eigenvalue weighted by atomic mass is 16.5. The Morgan fingerprint density at radius 1 is 0.870 bits per heavy atom. The van der Waals surface area contributed by atoms with Crippen LogP contribution in [0.3, 0.4) is 0 Å². The Morgan fingerprint density at radius 3 is 2.04 bits per heavy atom. The fraction of sp³-hybridized carbons (Fsp3) is 0.125. The van der Waals surface area contributed by atoms with Gasteiger partial charge in [0.05, 0.1) is 11.1 Å². The van der Waals surface area contributed by atoms with Crippen molar-refractivity contribution in [2.75, 3.05) is 11.2 Å². The lowest BCUT2D eigenvalue weighted by atomic mass is 10.1. The van der Waals surface area contributed by atoms with Gasteiger partial charge in [-0.25, -0.2) is 9.59 Å². The third kappa shape index (κ3) is 2.95. The van der Waals surface area contributed by atoms with Crippen LogP contribution in [0.15, 0.2) is 36.4 Å². The standard InChI is InChI=1S/C8H8N2O2.C8H7NO2/c9-10-6-1-2-7-5(3-6)4-12-8(7)11;9-6-1-2-7-5(3-6)4-11-8(7)10/h1-3,10H,4,9H2;1-3H,4,9H2. The fourth-order valence-electron chi connectivity index (χ4n) is 2.38. The molecule has 0 amide bonds. The molecule has 2 aromatic carbocycles. The Balaban J connectivity index is 0.000000136. The van der Waals surface area contributed by atoms with Crippen molar-refractivity contribution >= 4 is 23.3 Å². The number of carbonyl (C=O) groups excluding carboxylic acids is 2. The Hall–Kier alpha value is -3.06. The lowest BCUT2D eigenvalue weighted by Gasteiger charge is -1.99. The molecule has 2 aliphatic rings. The second kappa shape index (κ2) is 5.98. The van der Waals surface area contributed by atoms with E-state index < -0.39 is 0 Å². The number of nitrogens with two attached hydrogens (primary N) is 2. The number of benzene rings is 2. The predicted octanol–water partition coefficient (Wildman–Crippen LogP) is 1.58. The van der Waals surface area contributed by atoms with E-state index in [1.54, 1.807) is 36.4 Å². The van der Waals surface area contributed by atoms with Gasteiger partial charge >= 0.3 is 11.9 Å². The van der Waals surface area contributed by atoms with Gasteiger partial charge in [-0.15, -0.1) is 0 Å². The van der Waals surface area contributed by atoms with Gasteiger partial charge in [0.1, 0.15) is 13.2 Å². The minimum absolute atomic E-state index is 0.250. The maximum absolute atomic E-state index is 11.0. The number of nitrogen functional groups attached to an aromatic ring is 2. The van der Waals surface area contributed by atoms with Gasteiger partial charge in [-0.05, 0) is 36.4 Å². The van der Waals surface area contributed by atoms with E-state index in [1.807, 2.05) is 0 Å². The van der Waals surface area contributed by atoms with Gasteiger partial charge in [0, 0.05) is 22.5 Å². The van der Waals surface area contributed by atoms with Crippen molar-refractivity contribution in [3.8, 4) is 0 Å². The van der Waals surface area contributed by atoms with Crippen LogP contribution in [0.1, 0.15) is 31.8 Å². The number of nitrogens with one attached hydrogen (secondary N) is 1. The third-order valence-electron chi connectivity index (χ3n) is 3.56. The first kappa shape index (κ1) is 14.9. The largest absolute Gasteiger partial charge is 0.457 e. The second-order valence-corrected chi connectivity index (χ2v) is 5.09. The van der Waals surface area contributed by atoms with Crippen LogP contribution in [0.2, 0.25) is 0 Å². The summed E-state index contributed by atoms with van der Waals surface area (Å²) in [5.74, 6) is 4.70. The number of hydrogen-bond donors (Lipinski definition) is 3. The predicted molar refractivity (Wildman–Crippen MR) is 83.3 cm³/mol. The zero-order valence-electron chi connectivity index (χ0n) is 12.2. The number of hydrazine groups is 1. The highest BCUT2D eigenvalue weighted by molar-refractivity contribution is 5.94. The number of cyclic esters (lactones) is 2. The van der Waals surface area contributed by atoms with Crippen LogP contribution in [0, 0.1) is 0 Å². The number of rotatable bonds is 1. The lowest BCUT2D eigenvalue weighted by molar-refractivity contribution is 0.0526. The van der Waals surface area contributed by atoms with Crippen molar-refractivity contribution in [1.29, 1.82) is 0 Å². The molecule has 5 N–H and O–H groups in total. The van der Waals surface area contributed by atoms with E-state index in [0.717, 1.165) is 16.8 Å². The molecule has 2 heterocycles. The van der Waals surface area contributed by atoms with Gasteiger partial charge < -0.3 is 20.6 Å². The zero-order chi connectivity index (χ0) is 16.4. The summed E-state index contributed by atoms with van der Waals surface area (Å²) in [6, 6.07) is 10.4. The smallest absolute Gasteiger partial charge is 0.338 e. The number of esters is 2. The Bertz CT molecular complexity index is 789. The number of ether oxygens (including phenoxy) is 2. The fourth-order valence-corrected chi connectivity index (χ4v) is 2.38. The summed E-state index contributed by atoms with van der Waals surface area (Å²) in [6.07, 6.45) is 0. The summed E-state index contributed by atoms with van der Waals surface area (Å²) in [7, 11) is 0. The van der Waals surface area contributed by atoms with E-state index in [9.17, 15) is 9.59 Å². The molecule has 7 nitrogen and oxygen atoms in total. The Morgan fingerprint density at radius 2 is 1.43 bits per heavy atom. The SMILES string of the molecule is NNc1ccc2c(c1)COC2=O.Nc1ccc2c(c1)COC2=O. The summed E-state index contributed by atoms with van der Waals surface area (Å²) >= 11 is 0. The summed E-state index contributed by atoms with van der Waals surface area (Å²) < 4.78 is 9.60. The molecule has 2 aliphatic heterocycles. The second-order valence-electron chi connectivity index (χ2n) is 5.09. The van der Waals surface area contributed by atoms with Crippen molar-refractivity contribution in [2.24, 2.45) is 5.84 Å². The average Bonchev–Trinajstić information content (AvgIpc) is 3.11. The maximum atomic E-state index is 11.0. The molecule has 0 saturated heterocycles. The lowest BCUT2D eigenvalue weighted by Crippen LogP contribution is -2.06. The van der Waals surface area contributed by atoms with Gasteiger partial charge in [0.25, 0.3) is 0 Å². The minimum Gasteiger partial charge on any atom is -0.457 e. The van der Waals surface area contributed by atoms with Crippen molar-refractivity contribution in [3.05, 3.63) is 58.7 Å². The molecule has 0 spiro atoms. The van der Waals surface area contributed by atoms with E-state index in [4.69, 9.17) is 21.1 Å². The van der Waals surface area contributed by atoms with Crippen molar-refractivity contribution in [2.45, 2.75) is 13.2 Å². The molecular weight excluding hydrogens is 298 g/mol. The quantitative estimate of drug-likeness (QED) is 0.317. The van der Waals surface area contributed by atoms with E-state index >= 15 is 0 Å². The van der Waals surface area contributed by atoms with E-state index in [-0.39, 0.29) is 11.9 Å². The molecule has 0 aromatic heterocycles. The van der Waals surface area contributed by atoms with Gasteiger partial charge in [0.15, 0.2) is 0 Å². The molecule has 0 aliphatic carbocycles. The van der Waals surface area contributed by atoms with Crippen LogP contribution in [-0.2, 0) is 22.7 Å². The van der Waals surface area contributed by atoms with Crippen LogP contribution in [-0.4, -0.2) is 11.9 Å². The number of carbonyl (C=O) groups is 2. The zero-order valence-corrected chi connectivity index (χ0v) is 12.2. The molecule has 2 aromatic rings. The topological polar surface area (TPSA) is 117 Å². The van der Waals surface area contributed by atoms with Gasteiger partial charge in [-0.2, -0.15) is 0 Å². The highest BCUT2D eigenvalue weighted by Gasteiger charge is 2.21. The molecule has 0 fully saturated rings. The van der Waals surface area contributed by atoms with E-state index in [0.29, 0.717) is 30.0 Å². The van der Waals surface area contributed by atoms with Gasteiger partial charge in [-0.1, -0.05) is 0 Å². The van der Waals surface area contributed by atoms with E-state index in [2.05, 4.69) is 5.43 Å². The number of hydrogen-bond acceptors (Lipinski definition) is 7. The van der Waals surface area contributed by atoms with Crippen LogP contribution >= 0.6 is 0 Å². The molecule has 0 saturated carbocycles. The van der Waals surface area contributed by atoms with Crippen LogP contribution in [0.4, 0.5) is 11.4 Å². The molecule has 0 radical (unpaired) electrons. The normalized spacial score (nSPS) is 14.1. The summed E-state index contributed by atoms with van der Waals surface area (Å²) in [4.78, 5) is 21.9. The minimum atomic E-state index is -0.256. The van der Waals surface area contributed by atoms with Crippen LogP contribution in [0.5, 0.6) is 0 Å². The van der Waals surface area contributed by atoms with Crippen molar-refractivity contribution in [1.82, 2.24) is 0 Å². The Labute approximate surface area is 132 Å². The molecular formula is C16H15N3O4. The van der Waals surface area contributed by atoms with E-state index in [1.165, 1.54) is 0 Å². The molecule has 0 bridgehead atoms. The monoisotopic (exact) mass is 313 g/mol. The molecule has 23 heavy (non-hydrogen) atoms. The van der Waals surface area contributed by atoms with Crippen molar-refractivity contribution < 1.29 is 19.1 Å². The first-order valence-corrected chi connectivity index (χ1v) is 6.90. The van der Waals surface area contributed by atoms with Gasteiger partial charge in [0.2, 0.25) is 0 Å².